The second-order valence-corrected chi connectivity index (χ2v) is 6.15. The molecule has 0 spiro atoms. The molecule has 1 atom stereocenters. The molecule has 1 heterocycles. The number of ether oxygens (including phenoxy) is 1. The van der Waals surface area contributed by atoms with Crippen molar-refractivity contribution in [3.63, 3.8) is 0 Å². The van der Waals surface area contributed by atoms with Gasteiger partial charge in [-0.1, -0.05) is 35.0 Å². The molecule has 0 aliphatic carbocycles. The summed E-state index contributed by atoms with van der Waals surface area (Å²) in [6, 6.07) is 8.62. The van der Waals surface area contributed by atoms with Crippen molar-refractivity contribution in [1.82, 2.24) is 5.32 Å². The number of hydrogen-bond acceptors (Lipinski definition) is 3. The van der Waals surface area contributed by atoms with Gasteiger partial charge in [0.2, 0.25) is 0 Å². The molecule has 106 valence electrons. The van der Waals surface area contributed by atoms with E-state index in [0.29, 0.717) is 19.8 Å². The molecule has 2 rings (SSSR count). The van der Waals surface area contributed by atoms with E-state index in [9.17, 15) is 5.11 Å². The van der Waals surface area contributed by atoms with E-state index < -0.39 is 5.60 Å². The number of halogens is 1. The summed E-state index contributed by atoms with van der Waals surface area (Å²) in [5, 5.41) is 14.0. The Hall–Kier alpha value is -0.420. The fraction of sp³-hybridized carbons (Fsp3) is 0.600. The van der Waals surface area contributed by atoms with Gasteiger partial charge in [-0.2, -0.15) is 0 Å². The van der Waals surface area contributed by atoms with Crippen LogP contribution in [0.3, 0.4) is 0 Å². The molecular formula is C15H22BrNO2. The molecule has 4 heteroatoms. The van der Waals surface area contributed by atoms with Gasteiger partial charge in [0.25, 0.3) is 0 Å². The number of hydrogen-bond donors (Lipinski definition) is 2. The van der Waals surface area contributed by atoms with Crippen molar-refractivity contribution in [3.05, 3.63) is 34.3 Å². The van der Waals surface area contributed by atoms with Gasteiger partial charge < -0.3 is 15.2 Å². The van der Waals surface area contributed by atoms with E-state index in [1.807, 2.05) is 12.1 Å². The van der Waals surface area contributed by atoms with Gasteiger partial charge in [0.05, 0.1) is 5.60 Å². The summed E-state index contributed by atoms with van der Waals surface area (Å²) in [5.41, 5.74) is 0.644. The minimum absolute atomic E-state index is 0.282. The molecule has 0 bridgehead atoms. The quantitative estimate of drug-likeness (QED) is 0.873. The average molecular weight is 328 g/mol. The van der Waals surface area contributed by atoms with E-state index in [4.69, 9.17) is 4.74 Å². The van der Waals surface area contributed by atoms with Gasteiger partial charge in [-0.05, 0) is 24.1 Å². The fourth-order valence-electron chi connectivity index (χ4n) is 2.46. The van der Waals surface area contributed by atoms with Crippen LogP contribution in [0.2, 0.25) is 0 Å². The maximum atomic E-state index is 10.5. The second-order valence-electron chi connectivity index (χ2n) is 5.23. The summed E-state index contributed by atoms with van der Waals surface area (Å²) in [6.07, 6.45) is 2.44. The van der Waals surface area contributed by atoms with Crippen molar-refractivity contribution in [2.45, 2.75) is 37.8 Å². The molecule has 0 amide bonds. The van der Waals surface area contributed by atoms with Crippen LogP contribution in [-0.2, 0) is 4.74 Å². The molecular weight excluding hydrogens is 306 g/mol. The summed E-state index contributed by atoms with van der Waals surface area (Å²) in [4.78, 5) is 0. The summed E-state index contributed by atoms with van der Waals surface area (Å²) < 4.78 is 6.40. The van der Waals surface area contributed by atoms with Gasteiger partial charge in [0.15, 0.2) is 0 Å². The van der Waals surface area contributed by atoms with Gasteiger partial charge in [0, 0.05) is 43.1 Å². The Morgan fingerprint density at radius 2 is 2.16 bits per heavy atom. The Bertz CT molecular complexity index is 405. The molecule has 1 aromatic rings. The van der Waals surface area contributed by atoms with E-state index in [-0.39, 0.29) is 6.04 Å². The average Bonchev–Trinajstić information content (AvgIpc) is 2.40. The number of rotatable bonds is 5. The zero-order chi connectivity index (χ0) is 13.7. The molecule has 1 aliphatic heterocycles. The van der Waals surface area contributed by atoms with Crippen molar-refractivity contribution in [2.24, 2.45) is 0 Å². The monoisotopic (exact) mass is 327 g/mol. The van der Waals surface area contributed by atoms with Crippen LogP contribution < -0.4 is 5.32 Å². The first-order chi connectivity index (χ1) is 9.13. The summed E-state index contributed by atoms with van der Waals surface area (Å²) in [6.45, 7) is 4.10. The molecule has 1 aromatic carbocycles. The Morgan fingerprint density at radius 1 is 1.42 bits per heavy atom. The van der Waals surface area contributed by atoms with E-state index >= 15 is 0 Å². The Kier molecular flexibility index (Phi) is 5.39. The molecule has 0 saturated carbocycles. The molecule has 0 aromatic heterocycles. The Balaban J connectivity index is 1.95. The third kappa shape index (κ3) is 4.28. The largest absolute Gasteiger partial charge is 0.388 e. The van der Waals surface area contributed by atoms with Crippen LogP contribution in [0.4, 0.5) is 0 Å². The van der Waals surface area contributed by atoms with Crippen LogP contribution in [-0.4, -0.2) is 30.5 Å². The van der Waals surface area contributed by atoms with E-state index in [1.54, 1.807) is 0 Å². The standard InChI is InChI=1S/C15H22BrNO2/c1-2-14(12-4-3-5-13(16)10-12)17-11-15(18)6-8-19-9-7-15/h3-5,10,14,17-18H,2,6-9,11H2,1H3. The summed E-state index contributed by atoms with van der Waals surface area (Å²) >= 11 is 3.50. The predicted octanol–water partition coefficient (Wildman–Crippen LogP) is 3.03. The van der Waals surface area contributed by atoms with E-state index in [0.717, 1.165) is 23.7 Å². The molecule has 1 fully saturated rings. The number of nitrogens with one attached hydrogen (secondary N) is 1. The third-order valence-corrected chi connectivity index (χ3v) is 4.25. The van der Waals surface area contributed by atoms with Crippen LogP contribution in [0, 0.1) is 0 Å². The predicted molar refractivity (Wildman–Crippen MR) is 80.2 cm³/mol. The highest BCUT2D eigenvalue weighted by Gasteiger charge is 2.30. The first kappa shape index (κ1) is 15.0. The van der Waals surface area contributed by atoms with Crippen LogP contribution >= 0.6 is 15.9 Å². The van der Waals surface area contributed by atoms with Crippen molar-refractivity contribution in [1.29, 1.82) is 0 Å². The smallest absolute Gasteiger partial charge is 0.0815 e. The van der Waals surface area contributed by atoms with Crippen molar-refractivity contribution in [2.75, 3.05) is 19.8 Å². The summed E-state index contributed by atoms with van der Waals surface area (Å²) in [7, 11) is 0. The third-order valence-electron chi connectivity index (χ3n) is 3.76. The first-order valence-electron chi connectivity index (χ1n) is 6.92. The molecule has 2 N–H and O–H groups in total. The topological polar surface area (TPSA) is 41.5 Å². The SMILES string of the molecule is CCC(NCC1(O)CCOCC1)c1cccc(Br)c1. The molecule has 0 radical (unpaired) electrons. The normalized spacial score (nSPS) is 20.2. The molecule has 1 saturated heterocycles. The highest BCUT2D eigenvalue weighted by molar-refractivity contribution is 9.10. The lowest BCUT2D eigenvalue weighted by Gasteiger charge is -2.33. The van der Waals surface area contributed by atoms with E-state index in [1.165, 1.54) is 5.56 Å². The zero-order valence-corrected chi connectivity index (χ0v) is 12.9. The van der Waals surface area contributed by atoms with Gasteiger partial charge >= 0.3 is 0 Å². The van der Waals surface area contributed by atoms with Gasteiger partial charge in [-0.3, -0.25) is 0 Å². The van der Waals surface area contributed by atoms with Crippen LogP contribution in [0.1, 0.15) is 37.8 Å². The molecule has 1 unspecified atom stereocenters. The van der Waals surface area contributed by atoms with Gasteiger partial charge in [0.1, 0.15) is 0 Å². The van der Waals surface area contributed by atoms with Gasteiger partial charge in [-0.15, -0.1) is 0 Å². The molecule has 3 nitrogen and oxygen atoms in total. The summed E-state index contributed by atoms with van der Waals surface area (Å²) in [5.74, 6) is 0. The van der Waals surface area contributed by atoms with Crippen LogP contribution in [0.5, 0.6) is 0 Å². The fourth-order valence-corrected chi connectivity index (χ4v) is 2.88. The highest BCUT2D eigenvalue weighted by atomic mass is 79.9. The van der Waals surface area contributed by atoms with Crippen molar-refractivity contribution >= 4 is 15.9 Å². The second kappa shape index (κ2) is 6.84. The van der Waals surface area contributed by atoms with Crippen molar-refractivity contribution < 1.29 is 9.84 Å². The maximum Gasteiger partial charge on any atom is 0.0815 e. The molecule has 1 aliphatic rings. The van der Waals surface area contributed by atoms with E-state index in [2.05, 4.69) is 40.3 Å². The number of benzene rings is 1. The molecule has 19 heavy (non-hydrogen) atoms. The first-order valence-corrected chi connectivity index (χ1v) is 7.71. The highest BCUT2D eigenvalue weighted by Crippen LogP contribution is 2.24. The number of aliphatic hydroxyl groups is 1. The lowest BCUT2D eigenvalue weighted by Crippen LogP contribution is -2.45. The lowest BCUT2D eigenvalue weighted by molar-refractivity contribution is -0.0628. The lowest BCUT2D eigenvalue weighted by atomic mass is 9.93. The maximum absolute atomic E-state index is 10.5. The van der Waals surface area contributed by atoms with Crippen LogP contribution in [0.15, 0.2) is 28.7 Å². The Morgan fingerprint density at radius 3 is 2.79 bits per heavy atom. The van der Waals surface area contributed by atoms with Gasteiger partial charge in [-0.25, -0.2) is 0 Å². The minimum atomic E-state index is -0.613. The van der Waals surface area contributed by atoms with Crippen molar-refractivity contribution in [3.8, 4) is 0 Å². The van der Waals surface area contributed by atoms with Crippen LogP contribution in [0.25, 0.3) is 0 Å². The zero-order valence-electron chi connectivity index (χ0n) is 11.4. The Labute approximate surface area is 123 Å². The minimum Gasteiger partial charge on any atom is -0.388 e.